The third kappa shape index (κ3) is 4.01. The van der Waals surface area contributed by atoms with Crippen LogP contribution in [0.4, 0.5) is 11.5 Å². The number of carbonyl (C=O) groups is 2. The molecule has 0 spiro atoms. The summed E-state index contributed by atoms with van der Waals surface area (Å²) in [6.45, 7) is 7.79. The van der Waals surface area contributed by atoms with Crippen LogP contribution in [0.3, 0.4) is 0 Å². The molecule has 2 N–H and O–H groups in total. The lowest BCUT2D eigenvalue weighted by molar-refractivity contribution is -0.894. The summed E-state index contributed by atoms with van der Waals surface area (Å²) in [6.07, 6.45) is 1.34. The Balaban J connectivity index is 1.75. The maximum atomic E-state index is 13.3. The molecule has 1 aliphatic rings. The fraction of sp³-hybridized carbons (Fsp3) is 0.208. The van der Waals surface area contributed by atoms with Crippen molar-refractivity contribution in [3.05, 3.63) is 82.0 Å². The van der Waals surface area contributed by atoms with E-state index in [1.54, 1.807) is 25.1 Å². The molecule has 0 aliphatic carbocycles. The van der Waals surface area contributed by atoms with Crippen LogP contribution >= 0.6 is 11.6 Å². The van der Waals surface area contributed by atoms with Gasteiger partial charge in [0.05, 0.1) is 15.6 Å². The molecule has 2 amide bonds. The summed E-state index contributed by atoms with van der Waals surface area (Å²) in [4.78, 5) is 27.1. The molecular formula is C24H23ClN3O5S+. The van der Waals surface area contributed by atoms with Gasteiger partial charge < -0.3 is 5.21 Å². The minimum absolute atomic E-state index is 0.00423. The van der Waals surface area contributed by atoms with Crippen LogP contribution in [0, 0.1) is 6.92 Å². The van der Waals surface area contributed by atoms with Crippen molar-refractivity contribution >= 4 is 44.9 Å². The topological polar surface area (TPSA) is 108 Å². The number of amides is 2. The second-order valence-electron chi connectivity index (χ2n) is 9.08. The largest absolute Gasteiger partial charge is 0.352 e. The predicted octanol–water partition coefficient (Wildman–Crippen LogP) is 4.07. The van der Waals surface area contributed by atoms with Crippen molar-refractivity contribution in [2.24, 2.45) is 0 Å². The van der Waals surface area contributed by atoms with Gasteiger partial charge in [-0.25, -0.2) is 18.0 Å². The first-order valence-corrected chi connectivity index (χ1v) is 12.2. The van der Waals surface area contributed by atoms with E-state index in [4.69, 9.17) is 11.6 Å². The number of aromatic nitrogens is 1. The highest BCUT2D eigenvalue weighted by atomic mass is 35.5. The van der Waals surface area contributed by atoms with Gasteiger partial charge in [-0.1, -0.05) is 49.2 Å². The molecule has 1 aliphatic heterocycles. The Morgan fingerprint density at radius 3 is 2.15 bits per heavy atom. The van der Waals surface area contributed by atoms with Crippen LogP contribution < -0.4 is 14.4 Å². The van der Waals surface area contributed by atoms with E-state index in [1.165, 1.54) is 36.5 Å². The monoisotopic (exact) mass is 500 g/mol. The van der Waals surface area contributed by atoms with Crippen molar-refractivity contribution in [2.75, 3.05) is 9.62 Å². The van der Waals surface area contributed by atoms with E-state index in [0.29, 0.717) is 10.3 Å². The number of carbonyl (C=O) groups excluding carboxylic acids is 2. The smallest absolute Gasteiger partial charge is 0.350 e. The number of halogens is 1. The van der Waals surface area contributed by atoms with E-state index in [9.17, 15) is 23.2 Å². The second kappa shape index (κ2) is 8.11. The van der Waals surface area contributed by atoms with Gasteiger partial charge in [0.15, 0.2) is 0 Å². The Morgan fingerprint density at radius 1 is 0.941 bits per heavy atom. The molecular weight excluding hydrogens is 478 g/mol. The van der Waals surface area contributed by atoms with E-state index < -0.39 is 21.8 Å². The fourth-order valence-electron chi connectivity index (χ4n) is 3.72. The highest BCUT2D eigenvalue weighted by Gasteiger charge is 2.49. The number of rotatable bonds is 4. The molecule has 1 aromatic heterocycles. The first kappa shape index (κ1) is 23.7. The maximum Gasteiger partial charge on any atom is 0.352 e. The van der Waals surface area contributed by atoms with Gasteiger partial charge in [-0.2, -0.15) is 0 Å². The van der Waals surface area contributed by atoms with E-state index >= 15 is 0 Å². The number of anilines is 2. The van der Waals surface area contributed by atoms with Gasteiger partial charge in [0.2, 0.25) is 0 Å². The van der Waals surface area contributed by atoms with Crippen molar-refractivity contribution in [1.29, 1.82) is 0 Å². The van der Waals surface area contributed by atoms with Crippen molar-refractivity contribution < 1.29 is 27.9 Å². The van der Waals surface area contributed by atoms with Gasteiger partial charge in [-0.15, -0.1) is 4.90 Å². The molecule has 0 fully saturated rings. The number of nitrogens with zero attached hydrogens (tertiary/aromatic N) is 2. The molecule has 3 aromatic rings. The average molecular weight is 501 g/mol. The molecule has 176 valence electrons. The lowest BCUT2D eigenvalue weighted by atomic mass is 9.87. The minimum atomic E-state index is -4.08. The molecule has 0 bridgehead atoms. The van der Waals surface area contributed by atoms with Gasteiger partial charge in [0, 0.05) is 6.07 Å². The Labute approximate surface area is 202 Å². The van der Waals surface area contributed by atoms with Gasteiger partial charge in [-0.05, 0) is 53.8 Å². The number of sulfonamides is 1. The van der Waals surface area contributed by atoms with Crippen LogP contribution in [-0.4, -0.2) is 25.4 Å². The normalized spacial score (nSPS) is 13.9. The lowest BCUT2D eigenvalue weighted by Gasteiger charge is -2.19. The Bertz CT molecular complexity index is 1440. The Hall–Kier alpha value is -3.43. The van der Waals surface area contributed by atoms with E-state index in [1.807, 2.05) is 20.8 Å². The zero-order valence-electron chi connectivity index (χ0n) is 19.0. The summed E-state index contributed by atoms with van der Waals surface area (Å²) in [7, 11) is -4.08. The summed E-state index contributed by atoms with van der Waals surface area (Å²) >= 11 is 6.22. The van der Waals surface area contributed by atoms with Crippen molar-refractivity contribution in [3.8, 4) is 0 Å². The maximum absolute atomic E-state index is 13.3. The first-order valence-electron chi connectivity index (χ1n) is 10.4. The molecule has 0 atom stereocenters. The molecule has 0 saturated carbocycles. The SMILES string of the molecule is Cc1ccc(N2C(=O)c3c(Cl)ccc(NS(=O)(=O)c4ccc(C(C)(C)C)cc4)c3C2=O)[n+](O)c1. The molecule has 4 rings (SSSR count). The number of hydrogen-bond acceptors (Lipinski definition) is 5. The van der Waals surface area contributed by atoms with Crippen LogP contribution in [0.15, 0.2) is 59.6 Å². The van der Waals surface area contributed by atoms with Crippen molar-refractivity contribution in [1.82, 2.24) is 0 Å². The molecule has 0 unspecified atom stereocenters. The van der Waals surface area contributed by atoms with Gasteiger partial charge in [0.25, 0.3) is 10.0 Å². The number of nitrogens with one attached hydrogen (secondary N) is 1. The zero-order chi connectivity index (χ0) is 25.0. The van der Waals surface area contributed by atoms with Crippen LogP contribution in [0.1, 0.15) is 52.6 Å². The number of hydrogen-bond donors (Lipinski definition) is 2. The van der Waals surface area contributed by atoms with Gasteiger partial charge in [0.1, 0.15) is 17.3 Å². The quantitative estimate of drug-likeness (QED) is 0.319. The van der Waals surface area contributed by atoms with Crippen LogP contribution in [0.5, 0.6) is 0 Å². The number of pyridine rings is 1. The highest BCUT2D eigenvalue weighted by molar-refractivity contribution is 7.92. The molecule has 34 heavy (non-hydrogen) atoms. The van der Waals surface area contributed by atoms with Crippen LogP contribution in [0.2, 0.25) is 5.02 Å². The highest BCUT2D eigenvalue weighted by Crippen LogP contribution is 2.37. The molecule has 2 heterocycles. The first-order chi connectivity index (χ1) is 15.8. The number of benzene rings is 2. The molecule has 0 radical (unpaired) electrons. The van der Waals surface area contributed by atoms with Crippen molar-refractivity contribution in [2.45, 2.75) is 38.0 Å². The Morgan fingerprint density at radius 2 is 1.56 bits per heavy atom. The Kier molecular flexibility index (Phi) is 5.65. The molecule has 2 aromatic carbocycles. The zero-order valence-corrected chi connectivity index (χ0v) is 20.5. The van der Waals surface area contributed by atoms with Crippen LogP contribution in [0.25, 0.3) is 0 Å². The minimum Gasteiger partial charge on any atom is -0.350 e. The third-order valence-electron chi connectivity index (χ3n) is 5.55. The average Bonchev–Trinajstić information content (AvgIpc) is 3.01. The fourth-order valence-corrected chi connectivity index (χ4v) is 5.03. The van der Waals surface area contributed by atoms with E-state index in [0.717, 1.165) is 10.5 Å². The third-order valence-corrected chi connectivity index (χ3v) is 7.24. The van der Waals surface area contributed by atoms with E-state index in [-0.39, 0.29) is 38.0 Å². The van der Waals surface area contributed by atoms with Crippen LogP contribution in [-0.2, 0) is 15.4 Å². The standard InChI is InChI=1S/C24H22ClN3O5S/c1-14-5-12-19(27(31)13-14)28-22(29)20-17(25)10-11-18(21(20)23(28)30)26-34(32,33)16-8-6-15(7-9-16)24(2,3)4/h5-13H,1-4H3,(H-,26,30,31)/p+1. The molecule has 0 saturated heterocycles. The summed E-state index contributed by atoms with van der Waals surface area (Å²) in [5, 5.41) is 10.2. The predicted molar refractivity (Wildman–Crippen MR) is 127 cm³/mol. The number of fused-ring (bicyclic) bond motifs is 1. The second-order valence-corrected chi connectivity index (χ2v) is 11.2. The van der Waals surface area contributed by atoms with Crippen molar-refractivity contribution in [3.63, 3.8) is 0 Å². The van der Waals surface area contributed by atoms with Gasteiger partial charge >= 0.3 is 17.6 Å². The summed E-state index contributed by atoms with van der Waals surface area (Å²) in [5.74, 6) is -1.68. The number of imide groups is 1. The summed E-state index contributed by atoms with van der Waals surface area (Å²) in [6, 6.07) is 12.1. The summed E-state index contributed by atoms with van der Waals surface area (Å²) < 4.78 is 29.2. The van der Waals surface area contributed by atoms with Gasteiger partial charge in [-0.3, -0.25) is 4.72 Å². The molecule has 10 heteroatoms. The number of aryl methyl sites for hydroxylation is 1. The summed E-state index contributed by atoms with van der Waals surface area (Å²) in [5.41, 5.74) is 1.10. The van der Waals surface area contributed by atoms with E-state index in [2.05, 4.69) is 4.72 Å². The molecule has 8 nitrogen and oxygen atoms in total. The lowest BCUT2D eigenvalue weighted by Crippen LogP contribution is -2.43.